The van der Waals surface area contributed by atoms with Crippen LogP contribution >= 0.6 is 0 Å². The standard InChI is InChI=1S/C17H22N2O2/c18-13-15(12-14-6-2-1-3-7-14)17(21)19(10-5-11-20)16-8-4-9-16/h1-3,6-7,15-16,20H,4-5,8-12H2. The lowest BCUT2D eigenvalue weighted by Crippen LogP contribution is -2.47. The average Bonchev–Trinajstić information content (AvgIpc) is 2.47. The number of aliphatic hydroxyl groups is 1. The second-order valence-corrected chi connectivity index (χ2v) is 5.56. The molecule has 0 aliphatic heterocycles. The molecule has 1 aromatic rings. The van der Waals surface area contributed by atoms with Crippen LogP contribution < -0.4 is 0 Å². The van der Waals surface area contributed by atoms with Crippen LogP contribution in [0.3, 0.4) is 0 Å². The van der Waals surface area contributed by atoms with Crippen molar-refractivity contribution in [3.8, 4) is 6.07 Å². The van der Waals surface area contributed by atoms with E-state index in [9.17, 15) is 10.1 Å². The highest BCUT2D eigenvalue weighted by atomic mass is 16.3. The zero-order valence-corrected chi connectivity index (χ0v) is 12.2. The first-order valence-corrected chi connectivity index (χ1v) is 7.61. The smallest absolute Gasteiger partial charge is 0.240 e. The Morgan fingerprint density at radius 1 is 1.38 bits per heavy atom. The number of carbonyl (C=O) groups is 1. The molecule has 21 heavy (non-hydrogen) atoms. The first kappa shape index (κ1) is 15.5. The largest absolute Gasteiger partial charge is 0.396 e. The number of carbonyl (C=O) groups excluding carboxylic acids is 1. The first-order chi connectivity index (χ1) is 10.3. The van der Waals surface area contributed by atoms with Crippen molar-refractivity contribution < 1.29 is 9.90 Å². The second kappa shape index (κ2) is 7.80. The summed E-state index contributed by atoms with van der Waals surface area (Å²) in [5.41, 5.74) is 1.01. The van der Waals surface area contributed by atoms with Gasteiger partial charge in [0.15, 0.2) is 0 Å². The monoisotopic (exact) mass is 286 g/mol. The summed E-state index contributed by atoms with van der Waals surface area (Å²) in [5, 5.41) is 18.4. The lowest BCUT2D eigenvalue weighted by molar-refractivity contribution is -0.138. The fraction of sp³-hybridized carbons (Fsp3) is 0.529. The van der Waals surface area contributed by atoms with E-state index in [-0.39, 0.29) is 18.6 Å². The summed E-state index contributed by atoms with van der Waals surface area (Å²) in [6.07, 6.45) is 4.20. The third-order valence-electron chi connectivity index (χ3n) is 4.09. The van der Waals surface area contributed by atoms with Gasteiger partial charge in [-0.05, 0) is 37.7 Å². The molecule has 1 atom stereocenters. The molecular formula is C17H22N2O2. The molecule has 1 aliphatic rings. The summed E-state index contributed by atoms with van der Waals surface area (Å²) in [4.78, 5) is 14.5. The van der Waals surface area contributed by atoms with Crippen molar-refractivity contribution in [2.75, 3.05) is 13.2 Å². The van der Waals surface area contributed by atoms with Crippen molar-refractivity contribution in [3.05, 3.63) is 35.9 Å². The molecule has 0 heterocycles. The SMILES string of the molecule is N#CC(Cc1ccccc1)C(=O)N(CCCO)C1CCC1. The summed E-state index contributed by atoms with van der Waals surface area (Å²) in [7, 11) is 0. The minimum absolute atomic E-state index is 0.0758. The molecule has 2 rings (SSSR count). The molecule has 0 spiro atoms. The van der Waals surface area contributed by atoms with Crippen LogP contribution in [0, 0.1) is 17.2 Å². The van der Waals surface area contributed by atoms with E-state index in [2.05, 4.69) is 6.07 Å². The van der Waals surface area contributed by atoms with Gasteiger partial charge in [0, 0.05) is 19.2 Å². The molecule has 4 heteroatoms. The maximum atomic E-state index is 12.6. The van der Waals surface area contributed by atoms with E-state index < -0.39 is 5.92 Å². The summed E-state index contributed by atoms with van der Waals surface area (Å²) in [6.45, 7) is 0.624. The predicted molar refractivity (Wildman–Crippen MR) is 80.3 cm³/mol. The van der Waals surface area contributed by atoms with Crippen molar-refractivity contribution in [2.24, 2.45) is 5.92 Å². The number of aliphatic hydroxyl groups excluding tert-OH is 1. The van der Waals surface area contributed by atoms with Gasteiger partial charge in [-0.3, -0.25) is 4.79 Å². The van der Waals surface area contributed by atoms with E-state index in [1.54, 1.807) is 0 Å². The van der Waals surface area contributed by atoms with Gasteiger partial charge in [-0.2, -0.15) is 5.26 Å². The topological polar surface area (TPSA) is 64.3 Å². The quantitative estimate of drug-likeness (QED) is 0.835. The van der Waals surface area contributed by atoms with Crippen molar-refractivity contribution in [1.29, 1.82) is 5.26 Å². The zero-order valence-electron chi connectivity index (χ0n) is 12.2. The van der Waals surface area contributed by atoms with Crippen LogP contribution in [0.4, 0.5) is 0 Å². The Labute approximate surface area is 126 Å². The highest BCUT2D eigenvalue weighted by molar-refractivity contribution is 5.82. The van der Waals surface area contributed by atoms with Gasteiger partial charge in [-0.25, -0.2) is 0 Å². The zero-order chi connectivity index (χ0) is 15.1. The second-order valence-electron chi connectivity index (χ2n) is 5.56. The van der Waals surface area contributed by atoms with Crippen molar-refractivity contribution >= 4 is 5.91 Å². The minimum Gasteiger partial charge on any atom is -0.396 e. The minimum atomic E-state index is -0.633. The molecule has 1 aromatic carbocycles. The first-order valence-electron chi connectivity index (χ1n) is 7.61. The molecule has 0 aromatic heterocycles. The Balaban J connectivity index is 2.04. The maximum absolute atomic E-state index is 12.6. The van der Waals surface area contributed by atoms with Gasteiger partial charge in [-0.1, -0.05) is 30.3 Å². The van der Waals surface area contributed by atoms with E-state index >= 15 is 0 Å². The van der Waals surface area contributed by atoms with Crippen LogP contribution in [-0.2, 0) is 11.2 Å². The molecule has 1 N–H and O–H groups in total. The molecule has 1 saturated carbocycles. The molecule has 1 amide bonds. The lowest BCUT2D eigenvalue weighted by Gasteiger charge is -2.38. The van der Waals surface area contributed by atoms with E-state index in [4.69, 9.17) is 5.11 Å². The van der Waals surface area contributed by atoms with Crippen LogP contribution in [0.25, 0.3) is 0 Å². The molecule has 0 saturated heterocycles. The normalized spacial score (nSPS) is 15.8. The van der Waals surface area contributed by atoms with E-state index in [0.717, 1.165) is 24.8 Å². The summed E-state index contributed by atoms with van der Waals surface area (Å²) < 4.78 is 0. The number of hydrogen-bond acceptors (Lipinski definition) is 3. The molecule has 112 valence electrons. The van der Waals surface area contributed by atoms with Gasteiger partial charge in [-0.15, -0.1) is 0 Å². The van der Waals surface area contributed by atoms with Crippen molar-refractivity contribution in [1.82, 2.24) is 4.90 Å². The van der Waals surface area contributed by atoms with Crippen LogP contribution in [-0.4, -0.2) is 35.1 Å². The van der Waals surface area contributed by atoms with E-state index in [1.807, 2.05) is 35.2 Å². The Bertz CT molecular complexity index is 491. The molecule has 4 nitrogen and oxygen atoms in total. The number of nitriles is 1. The Kier molecular flexibility index (Phi) is 5.77. The summed E-state index contributed by atoms with van der Waals surface area (Å²) >= 11 is 0. The lowest BCUT2D eigenvalue weighted by atomic mass is 9.89. The summed E-state index contributed by atoms with van der Waals surface area (Å²) in [5.74, 6) is -0.716. The van der Waals surface area contributed by atoms with Gasteiger partial charge in [0.05, 0.1) is 6.07 Å². The fourth-order valence-corrected chi connectivity index (χ4v) is 2.65. The van der Waals surface area contributed by atoms with Gasteiger partial charge < -0.3 is 10.0 Å². The van der Waals surface area contributed by atoms with Crippen molar-refractivity contribution in [2.45, 2.75) is 38.1 Å². The summed E-state index contributed by atoms with van der Waals surface area (Å²) in [6, 6.07) is 12.1. The Hall–Kier alpha value is -1.86. The van der Waals surface area contributed by atoms with Gasteiger partial charge >= 0.3 is 0 Å². The number of amides is 1. The molecule has 0 radical (unpaired) electrons. The number of nitrogens with zero attached hydrogens (tertiary/aromatic N) is 2. The van der Waals surface area contributed by atoms with Gasteiger partial charge in [0.2, 0.25) is 5.91 Å². The molecular weight excluding hydrogens is 264 g/mol. The van der Waals surface area contributed by atoms with Crippen molar-refractivity contribution in [3.63, 3.8) is 0 Å². The predicted octanol–water partition coefficient (Wildman–Crippen LogP) is 2.13. The Morgan fingerprint density at radius 2 is 2.10 bits per heavy atom. The third-order valence-corrected chi connectivity index (χ3v) is 4.09. The van der Waals surface area contributed by atoms with Crippen LogP contribution in [0.1, 0.15) is 31.2 Å². The van der Waals surface area contributed by atoms with E-state index in [0.29, 0.717) is 19.4 Å². The maximum Gasteiger partial charge on any atom is 0.240 e. The number of hydrogen-bond donors (Lipinski definition) is 1. The molecule has 1 fully saturated rings. The number of benzene rings is 1. The van der Waals surface area contributed by atoms with Crippen LogP contribution in [0.5, 0.6) is 0 Å². The van der Waals surface area contributed by atoms with Gasteiger partial charge in [0.25, 0.3) is 0 Å². The van der Waals surface area contributed by atoms with Crippen LogP contribution in [0.15, 0.2) is 30.3 Å². The fourth-order valence-electron chi connectivity index (χ4n) is 2.65. The molecule has 1 unspecified atom stereocenters. The Morgan fingerprint density at radius 3 is 2.62 bits per heavy atom. The van der Waals surface area contributed by atoms with Crippen LogP contribution in [0.2, 0.25) is 0 Å². The highest BCUT2D eigenvalue weighted by Crippen LogP contribution is 2.27. The average molecular weight is 286 g/mol. The molecule has 1 aliphatic carbocycles. The van der Waals surface area contributed by atoms with Gasteiger partial charge in [0.1, 0.15) is 5.92 Å². The highest BCUT2D eigenvalue weighted by Gasteiger charge is 2.32. The third kappa shape index (κ3) is 4.05. The van der Waals surface area contributed by atoms with E-state index in [1.165, 1.54) is 0 Å². The molecule has 0 bridgehead atoms. The number of rotatable bonds is 7.